The third-order valence-electron chi connectivity index (χ3n) is 3.86. The lowest BCUT2D eigenvalue weighted by molar-refractivity contribution is -0.133. The fourth-order valence-electron chi connectivity index (χ4n) is 2.53. The number of likely N-dealkylation sites (tertiary alicyclic amines) is 1. The molecule has 0 bridgehead atoms. The molecule has 1 aliphatic rings. The molecule has 136 valence electrons. The normalized spacial score (nSPS) is 15.0. The molecule has 0 aromatic heterocycles. The van der Waals surface area contributed by atoms with Crippen molar-refractivity contribution < 1.29 is 23.9 Å². The number of carboxylic acid groups (broad SMARTS) is 1. The molecule has 1 heterocycles. The smallest absolute Gasteiger partial charge is 0.313 e. The Bertz CT molecular complexity index is 666. The minimum absolute atomic E-state index is 0.0583. The van der Waals surface area contributed by atoms with Crippen molar-refractivity contribution in [3.05, 3.63) is 29.0 Å². The van der Waals surface area contributed by atoms with Crippen LogP contribution in [-0.2, 0) is 14.4 Å². The summed E-state index contributed by atoms with van der Waals surface area (Å²) in [5.74, 6) is -2.02. The SMILES string of the molecule is O=C(O)CSCC(=O)N1CCC(C(=O)Nc2ccc(F)c(Cl)c2)CC1. The van der Waals surface area contributed by atoms with E-state index < -0.39 is 11.8 Å². The van der Waals surface area contributed by atoms with Crippen molar-refractivity contribution >= 4 is 46.8 Å². The number of benzene rings is 1. The van der Waals surface area contributed by atoms with E-state index >= 15 is 0 Å². The third kappa shape index (κ3) is 5.89. The van der Waals surface area contributed by atoms with Gasteiger partial charge >= 0.3 is 5.97 Å². The quantitative estimate of drug-likeness (QED) is 0.781. The Balaban J connectivity index is 1.78. The Hall–Kier alpha value is -1.80. The molecule has 0 spiro atoms. The molecule has 0 saturated carbocycles. The predicted octanol–water partition coefficient (Wildman–Crippen LogP) is 2.47. The summed E-state index contributed by atoms with van der Waals surface area (Å²) in [5.41, 5.74) is 0.431. The number of carbonyl (C=O) groups is 3. The molecule has 0 radical (unpaired) electrons. The number of hydrogen-bond acceptors (Lipinski definition) is 4. The highest BCUT2D eigenvalue weighted by atomic mass is 35.5. The monoisotopic (exact) mass is 388 g/mol. The summed E-state index contributed by atoms with van der Waals surface area (Å²) < 4.78 is 13.1. The fourth-order valence-corrected chi connectivity index (χ4v) is 3.34. The van der Waals surface area contributed by atoms with Gasteiger partial charge in [-0.05, 0) is 31.0 Å². The molecule has 1 saturated heterocycles. The number of amides is 2. The van der Waals surface area contributed by atoms with E-state index in [1.54, 1.807) is 4.90 Å². The first kappa shape index (κ1) is 19.5. The van der Waals surface area contributed by atoms with E-state index in [0.717, 1.165) is 11.8 Å². The van der Waals surface area contributed by atoms with Gasteiger partial charge in [-0.3, -0.25) is 14.4 Å². The van der Waals surface area contributed by atoms with E-state index in [2.05, 4.69) is 5.32 Å². The summed E-state index contributed by atoms with van der Waals surface area (Å²) in [6.07, 6.45) is 1.05. The minimum atomic E-state index is -0.950. The second-order valence-electron chi connectivity index (χ2n) is 5.66. The van der Waals surface area contributed by atoms with Gasteiger partial charge in [-0.25, -0.2) is 4.39 Å². The number of piperidine rings is 1. The van der Waals surface area contributed by atoms with Crippen molar-refractivity contribution in [1.29, 1.82) is 0 Å². The number of carbonyl (C=O) groups excluding carboxylic acids is 2. The standard InChI is InChI=1S/C16H18ClFN2O4S/c17-12-7-11(1-2-13(12)18)19-16(24)10-3-5-20(6-4-10)14(21)8-25-9-15(22)23/h1-2,7,10H,3-6,8-9H2,(H,19,24)(H,22,23). The van der Waals surface area contributed by atoms with Crippen LogP contribution in [0.2, 0.25) is 5.02 Å². The number of nitrogens with one attached hydrogen (secondary N) is 1. The van der Waals surface area contributed by atoms with Crippen LogP contribution in [0.1, 0.15) is 12.8 Å². The highest BCUT2D eigenvalue weighted by molar-refractivity contribution is 8.00. The topological polar surface area (TPSA) is 86.7 Å². The zero-order valence-electron chi connectivity index (χ0n) is 13.3. The zero-order chi connectivity index (χ0) is 18.4. The highest BCUT2D eigenvalue weighted by Crippen LogP contribution is 2.23. The minimum Gasteiger partial charge on any atom is -0.481 e. The third-order valence-corrected chi connectivity index (χ3v) is 5.05. The van der Waals surface area contributed by atoms with Crippen LogP contribution < -0.4 is 5.32 Å². The molecule has 2 N–H and O–H groups in total. The van der Waals surface area contributed by atoms with E-state index in [9.17, 15) is 18.8 Å². The van der Waals surface area contributed by atoms with Crippen molar-refractivity contribution in [2.24, 2.45) is 5.92 Å². The van der Waals surface area contributed by atoms with Crippen molar-refractivity contribution in [2.75, 3.05) is 29.9 Å². The molecule has 1 aromatic carbocycles. The highest BCUT2D eigenvalue weighted by Gasteiger charge is 2.27. The van der Waals surface area contributed by atoms with Crippen molar-refractivity contribution in [1.82, 2.24) is 4.90 Å². The predicted molar refractivity (Wildman–Crippen MR) is 94.3 cm³/mol. The molecule has 1 fully saturated rings. The van der Waals surface area contributed by atoms with Gasteiger partial charge in [0.25, 0.3) is 0 Å². The van der Waals surface area contributed by atoms with E-state index in [1.807, 2.05) is 0 Å². The van der Waals surface area contributed by atoms with Crippen LogP contribution in [0.3, 0.4) is 0 Å². The lowest BCUT2D eigenvalue weighted by Gasteiger charge is -2.31. The lowest BCUT2D eigenvalue weighted by Crippen LogP contribution is -2.42. The van der Waals surface area contributed by atoms with Crippen LogP contribution in [0.4, 0.5) is 10.1 Å². The van der Waals surface area contributed by atoms with Gasteiger partial charge in [0.1, 0.15) is 5.82 Å². The van der Waals surface area contributed by atoms with Gasteiger partial charge in [-0.15, -0.1) is 11.8 Å². The van der Waals surface area contributed by atoms with Crippen molar-refractivity contribution in [3.8, 4) is 0 Å². The average Bonchev–Trinajstić information content (AvgIpc) is 2.58. The second kappa shape index (κ2) is 9.05. The number of anilines is 1. The molecule has 9 heteroatoms. The Kier molecular flexibility index (Phi) is 7.07. The Morgan fingerprint density at radius 1 is 1.28 bits per heavy atom. The molecule has 25 heavy (non-hydrogen) atoms. The lowest BCUT2D eigenvalue weighted by atomic mass is 9.96. The van der Waals surface area contributed by atoms with Crippen LogP contribution >= 0.6 is 23.4 Å². The van der Waals surface area contributed by atoms with Gasteiger partial charge in [-0.2, -0.15) is 0 Å². The Morgan fingerprint density at radius 2 is 1.96 bits per heavy atom. The number of hydrogen-bond donors (Lipinski definition) is 2. The van der Waals surface area contributed by atoms with Crippen LogP contribution in [-0.4, -0.2) is 52.4 Å². The van der Waals surface area contributed by atoms with E-state index in [1.165, 1.54) is 18.2 Å². The van der Waals surface area contributed by atoms with Gasteiger partial charge in [-0.1, -0.05) is 11.6 Å². The summed E-state index contributed by atoms with van der Waals surface area (Å²) in [6, 6.07) is 3.98. The average molecular weight is 389 g/mol. The number of thioether (sulfide) groups is 1. The number of halogens is 2. The fraction of sp³-hybridized carbons (Fsp3) is 0.438. The van der Waals surface area contributed by atoms with E-state index in [-0.39, 0.29) is 34.3 Å². The number of carboxylic acids is 1. The molecular formula is C16H18ClFN2O4S. The Labute approximate surface area is 153 Å². The summed E-state index contributed by atoms with van der Waals surface area (Å²) in [7, 11) is 0. The van der Waals surface area contributed by atoms with Gasteiger partial charge < -0.3 is 15.3 Å². The number of rotatable bonds is 6. The number of aliphatic carboxylic acids is 1. The first-order chi connectivity index (χ1) is 11.9. The van der Waals surface area contributed by atoms with E-state index in [0.29, 0.717) is 31.6 Å². The summed E-state index contributed by atoms with van der Waals surface area (Å²) in [4.78, 5) is 36.3. The van der Waals surface area contributed by atoms with Crippen LogP contribution in [0.5, 0.6) is 0 Å². The molecule has 1 aliphatic heterocycles. The Morgan fingerprint density at radius 3 is 2.56 bits per heavy atom. The van der Waals surface area contributed by atoms with Crippen molar-refractivity contribution in [3.63, 3.8) is 0 Å². The zero-order valence-corrected chi connectivity index (χ0v) is 14.9. The van der Waals surface area contributed by atoms with Gasteiger partial charge in [0.2, 0.25) is 11.8 Å². The van der Waals surface area contributed by atoms with Crippen LogP contribution in [0.25, 0.3) is 0 Å². The molecular weight excluding hydrogens is 371 g/mol. The molecule has 0 aliphatic carbocycles. The molecule has 2 rings (SSSR count). The van der Waals surface area contributed by atoms with Crippen LogP contribution in [0, 0.1) is 11.7 Å². The molecule has 1 aromatic rings. The van der Waals surface area contributed by atoms with Gasteiger partial charge in [0.05, 0.1) is 16.5 Å². The first-order valence-electron chi connectivity index (χ1n) is 7.70. The molecule has 0 unspecified atom stereocenters. The maximum Gasteiger partial charge on any atom is 0.313 e. The summed E-state index contributed by atoms with van der Waals surface area (Å²) in [6.45, 7) is 0.906. The van der Waals surface area contributed by atoms with Crippen molar-refractivity contribution in [2.45, 2.75) is 12.8 Å². The first-order valence-corrected chi connectivity index (χ1v) is 9.23. The summed E-state index contributed by atoms with van der Waals surface area (Å²) in [5, 5.41) is 11.2. The maximum absolute atomic E-state index is 13.1. The van der Waals surface area contributed by atoms with E-state index in [4.69, 9.17) is 16.7 Å². The molecule has 0 atom stereocenters. The largest absolute Gasteiger partial charge is 0.481 e. The maximum atomic E-state index is 13.1. The molecule has 6 nitrogen and oxygen atoms in total. The summed E-state index contributed by atoms with van der Waals surface area (Å²) >= 11 is 6.75. The van der Waals surface area contributed by atoms with Crippen LogP contribution in [0.15, 0.2) is 18.2 Å². The molecule has 2 amide bonds. The number of nitrogens with zero attached hydrogens (tertiary/aromatic N) is 1. The van der Waals surface area contributed by atoms with Gasteiger partial charge in [0, 0.05) is 24.7 Å². The van der Waals surface area contributed by atoms with Gasteiger partial charge in [0.15, 0.2) is 0 Å². The second-order valence-corrected chi connectivity index (χ2v) is 7.05.